The van der Waals surface area contributed by atoms with E-state index in [4.69, 9.17) is 0 Å². The third-order valence-corrected chi connectivity index (χ3v) is 4.27. The van der Waals surface area contributed by atoms with Crippen molar-refractivity contribution in [3.05, 3.63) is 81.1 Å². The normalized spacial score (nSPS) is 11.6. The Morgan fingerprint density at radius 3 is 1.59 bits per heavy atom. The molecule has 0 bridgehead atoms. The van der Waals surface area contributed by atoms with Crippen LogP contribution in [0.4, 0.5) is 0 Å². The molecule has 0 fully saturated rings. The van der Waals surface area contributed by atoms with Gasteiger partial charge in [0.2, 0.25) is 0 Å². The van der Waals surface area contributed by atoms with Crippen LogP contribution < -0.4 is 11.1 Å². The second-order valence-electron chi connectivity index (χ2n) is 6.38. The lowest BCUT2D eigenvalue weighted by atomic mass is 9.85. The molecule has 0 aliphatic rings. The Bertz CT molecular complexity index is 1120. The lowest BCUT2D eigenvalue weighted by Crippen LogP contribution is -2.26. The van der Waals surface area contributed by atoms with Gasteiger partial charge in [-0.2, -0.15) is 9.36 Å². The van der Waals surface area contributed by atoms with Gasteiger partial charge in [-0.1, -0.05) is 0 Å². The highest BCUT2D eigenvalue weighted by atomic mass is 16.1. The van der Waals surface area contributed by atoms with Crippen LogP contribution in [0.25, 0.3) is 11.9 Å². The van der Waals surface area contributed by atoms with Gasteiger partial charge in [0.05, 0.1) is 11.4 Å². The number of aromatic nitrogens is 8. The molecule has 0 saturated carbocycles. The highest BCUT2D eigenvalue weighted by Gasteiger charge is 2.28. The maximum atomic E-state index is 11.9. The highest BCUT2D eigenvalue weighted by Crippen LogP contribution is 2.28. The van der Waals surface area contributed by atoms with Crippen molar-refractivity contribution in [1.82, 2.24) is 39.5 Å². The van der Waals surface area contributed by atoms with Crippen molar-refractivity contribution in [2.75, 3.05) is 0 Å². The topological polar surface area (TPSA) is 127 Å². The van der Waals surface area contributed by atoms with Crippen LogP contribution in [0.15, 0.2) is 58.6 Å². The summed E-state index contributed by atoms with van der Waals surface area (Å²) in [4.78, 5) is 41.1. The van der Waals surface area contributed by atoms with Crippen molar-refractivity contribution in [1.29, 1.82) is 0 Å². The summed E-state index contributed by atoms with van der Waals surface area (Å²) < 4.78 is 2.51. The predicted molar refractivity (Wildman–Crippen MR) is 96.1 cm³/mol. The molecule has 4 rings (SSSR count). The number of rotatable bonds is 4. The third kappa shape index (κ3) is 2.86. The van der Waals surface area contributed by atoms with Gasteiger partial charge in [0.25, 0.3) is 23.0 Å². The van der Waals surface area contributed by atoms with Crippen LogP contribution in [0.1, 0.15) is 25.2 Å². The molecule has 0 spiro atoms. The van der Waals surface area contributed by atoms with Gasteiger partial charge in [0.15, 0.2) is 0 Å². The van der Waals surface area contributed by atoms with Crippen LogP contribution in [0.2, 0.25) is 0 Å². The zero-order chi connectivity index (χ0) is 19.0. The molecular weight excluding hydrogens is 348 g/mol. The molecule has 0 aliphatic heterocycles. The molecule has 4 heterocycles. The molecule has 2 N–H and O–H groups in total. The fraction of sp³-hybridized carbons (Fsp3) is 0.176. The number of hydrogen-bond donors (Lipinski definition) is 2. The molecule has 136 valence electrons. The van der Waals surface area contributed by atoms with E-state index in [0.29, 0.717) is 11.4 Å². The van der Waals surface area contributed by atoms with E-state index >= 15 is 0 Å². The molecule has 0 saturated heterocycles. The van der Waals surface area contributed by atoms with Crippen LogP contribution in [0.5, 0.6) is 0 Å². The summed E-state index contributed by atoms with van der Waals surface area (Å²) in [7, 11) is 0. The van der Waals surface area contributed by atoms with E-state index in [9.17, 15) is 9.59 Å². The average Bonchev–Trinajstić information content (AvgIpc) is 3.30. The summed E-state index contributed by atoms with van der Waals surface area (Å²) in [6, 6.07) is 6.32. The van der Waals surface area contributed by atoms with E-state index in [1.807, 2.05) is 13.8 Å². The molecular formula is C17H16N8O2. The minimum Gasteiger partial charge on any atom is -0.296 e. The van der Waals surface area contributed by atoms with E-state index in [0.717, 1.165) is 0 Å². The van der Waals surface area contributed by atoms with Crippen molar-refractivity contribution in [2.45, 2.75) is 19.3 Å². The second kappa shape index (κ2) is 6.16. The molecule has 0 atom stereocenters. The maximum Gasteiger partial charge on any atom is 0.273 e. The van der Waals surface area contributed by atoms with Crippen LogP contribution in [0.3, 0.4) is 0 Å². The summed E-state index contributed by atoms with van der Waals surface area (Å²) in [5.74, 6) is 0.482. The predicted octanol–water partition coefficient (Wildman–Crippen LogP) is 0.550. The van der Waals surface area contributed by atoms with Crippen molar-refractivity contribution in [3.63, 3.8) is 0 Å². The van der Waals surface area contributed by atoms with Gasteiger partial charge in [0.1, 0.15) is 0 Å². The van der Waals surface area contributed by atoms with Crippen LogP contribution in [-0.2, 0) is 5.41 Å². The number of hydrogen-bond acceptors (Lipinski definition) is 6. The van der Waals surface area contributed by atoms with Gasteiger partial charge in [-0.25, -0.2) is 19.9 Å². The van der Waals surface area contributed by atoms with Crippen molar-refractivity contribution < 1.29 is 0 Å². The minimum atomic E-state index is -0.623. The monoisotopic (exact) mass is 364 g/mol. The Hall–Kier alpha value is -3.82. The standard InChI is InChI=1S/C17H16N8O2/c1-17(2,11-3-7-18-15(22-11)24-13(26)5-9-20-24)12-4-8-19-16(23-12)25-14(27)6-10-21-25/h3-10,20-21H,1-2H3. The van der Waals surface area contributed by atoms with Crippen LogP contribution >= 0.6 is 0 Å². The van der Waals surface area contributed by atoms with E-state index < -0.39 is 5.41 Å². The van der Waals surface area contributed by atoms with Crippen LogP contribution in [-0.4, -0.2) is 39.5 Å². The molecule has 10 heteroatoms. The first-order valence-corrected chi connectivity index (χ1v) is 8.17. The van der Waals surface area contributed by atoms with Crippen molar-refractivity contribution in [3.8, 4) is 11.9 Å². The molecule has 0 aromatic carbocycles. The lowest BCUT2D eigenvalue weighted by molar-refractivity contribution is 0.579. The quantitative estimate of drug-likeness (QED) is 0.544. The summed E-state index contributed by atoms with van der Waals surface area (Å²) in [6.07, 6.45) is 6.22. The van der Waals surface area contributed by atoms with Gasteiger partial charge in [-0.15, -0.1) is 0 Å². The van der Waals surface area contributed by atoms with E-state index in [2.05, 4.69) is 30.1 Å². The Kier molecular flexibility index (Phi) is 3.80. The van der Waals surface area contributed by atoms with Gasteiger partial charge in [-0.3, -0.25) is 19.8 Å². The van der Waals surface area contributed by atoms with E-state index in [-0.39, 0.29) is 23.0 Å². The van der Waals surface area contributed by atoms with Gasteiger partial charge < -0.3 is 0 Å². The SMILES string of the molecule is CC(C)(c1ccnc(-n2[nH]ccc2=O)n1)c1ccnc(-n2[nH]ccc2=O)n1. The van der Waals surface area contributed by atoms with Crippen LogP contribution in [0, 0.1) is 0 Å². The second-order valence-corrected chi connectivity index (χ2v) is 6.38. The number of nitrogens with one attached hydrogen (secondary N) is 2. The fourth-order valence-corrected chi connectivity index (χ4v) is 2.69. The summed E-state index contributed by atoms with van der Waals surface area (Å²) in [5.41, 5.74) is 0.206. The lowest BCUT2D eigenvalue weighted by Gasteiger charge is -2.24. The molecule has 0 radical (unpaired) electrons. The van der Waals surface area contributed by atoms with Crippen molar-refractivity contribution in [2.24, 2.45) is 0 Å². The number of H-pyrrole nitrogens is 2. The molecule has 10 nitrogen and oxygen atoms in total. The molecule has 0 unspecified atom stereocenters. The number of nitrogens with zero attached hydrogens (tertiary/aromatic N) is 6. The van der Waals surface area contributed by atoms with Gasteiger partial charge >= 0.3 is 0 Å². The zero-order valence-corrected chi connectivity index (χ0v) is 14.6. The Morgan fingerprint density at radius 1 is 0.778 bits per heavy atom. The van der Waals surface area contributed by atoms with E-state index in [1.54, 1.807) is 24.5 Å². The van der Waals surface area contributed by atoms with Gasteiger partial charge in [-0.05, 0) is 26.0 Å². The zero-order valence-electron chi connectivity index (χ0n) is 14.6. The summed E-state index contributed by atoms with van der Waals surface area (Å²) in [6.45, 7) is 3.89. The van der Waals surface area contributed by atoms with Gasteiger partial charge in [0, 0.05) is 42.3 Å². The maximum absolute atomic E-state index is 11.9. The smallest absolute Gasteiger partial charge is 0.273 e. The Balaban J connectivity index is 1.78. The summed E-state index contributed by atoms with van der Waals surface area (Å²) in [5, 5.41) is 5.57. The molecule has 0 amide bonds. The fourth-order valence-electron chi connectivity index (χ4n) is 2.69. The molecule has 27 heavy (non-hydrogen) atoms. The first-order valence-electron chi connectivity index (χ1n) is 8.17. The highest BCUT2D eigenvalue weighted by molar-refractivity contribution is 5.31. The largest absolute Gasteiger partial charge is 0.296 e. The molecule has 4 aromatic heterocycles. The third-order valence-electron chi connectivity index (χ3n) is 4.27. The Morgan fingerprint density at radius 2 is 1.22 bits per heavy atom. The Labute approximate surface area is 152 Å². The summed E-state index contributed by atoms with van der Waals surface area (Å²) >= 11 is 0. The van der Waals surface area contributed by atoms with E-state index in [1.165, 1.54) is 33.9 Å². The molecule has 4 aromatic rings. The first kappa shape index (κ1) is 16.6. The minimum absolute atomic E-state index is 0.241. The first-order chi connectivity index (χ1) is 13.0. The van der Waals surface area contributed by atoms with Crippen molar-refractivity contribution >= 4 is 0 Å². The average molecular weight is 364 g/mol. The number of aromatic amines is 2. The molecule has 0 aliphatic carbocycles.